The van der Waals surface area contributed by atoms with Crippen LogP contribution in [0.1, 0.15) is 12.8 Å². The van der Waals surface area contributed by atoms with Gasteiger partial charge >= 0.3 is 0 Å². The van der Waals surface area contributed by atoms with Gasteiger partial charge < -0.3 is 14.4 Å². The molecule has 88 valence electrons. The first-order valence-corrected chi connectivity index (χ1v) is 5.12. The number of rotatable bonds is 9. The lowest BCUT2D eigenvalue weighted by molar-refractivity contribution is -0.132. The summed E-state index contributed by atoms with van der Waals surface area (Å²) in [6.45, 7) is 5.96. The van der Waals surface area contributed by atoms with E-state index in [1.54, 1.807) is 25.2 Å². The Morgan fingerprint density at radius 3 is 2.20 bits per heavy atom. The summed E-state index contributed by atoms with van der Waals surface area (Å²) in [4.78, 5) is 13.4. The Balaban J connectivity index is 3.95. The first-order chi connectivity index (χ1) is 7.26. The largest absolute Gasteiger partial charge is 0.383 e. The van der Waals surface area contributed by atoms with E-state index < -0.39 is 0 Å². The zero-order valence-corrected chi connectivity index (χ0v) is 9.70. The molecule has 0 aliphatic rings. The van der Waals surface area contributed by atoms with Crippen LogP contribution in [0.2, 0.25) is 0 Å². The molecule has 0 aromatic carbocycles. The van der Waals surface area contributed by atoms with Gasteiger partial charge in [0.25, 0.3) is 0 Å². The molecule has 0 aliphatic heterocycles. The molecule has 0 N–H and O–H groups in total. The van der Waals surface area contributed by atoms with Crippen molar-refractivity contribution in [2.45, 2.75) is 12.8 Å². The van der Waals surface area contributed by atoms with Crippen LogP contribution in [0, 0.1) is 0 Å². The molecule has 15 heavy (non-hydrogen) atoms. The van der Waals surface area contributed by atoms with Crippen LogP contribution in [0.15, 0.2) is 12.7 Å². The summed E-state index contributed by atoms with van der Waals surface area (Å²) in [6.07, 6.45) is 2.98. The molecule has 0 fully saturated rings. The molecule has 0 aromatic rings. The second kappa shape index (κ2) is 9.68. The molecule has 0 heterocycles. The van der Waals surface area contributed by atoms with E-state index in [-0.39, 0.29) is 5.91 Å². The number of ether oxygens (including phenoxy) is 2. The summed E-state index contributed by atoms with van der Waals surface area (Å²) in [5.74, 6) is 0.129. The second-order valence-electron chi connectivity index (χ2n) is 3.19. The molecular weight excluding hydrogens is 194 g/mol. The smallest absolute Gasteiger partial charge is 0.223 e. The van der Waals surface area contributed by atoms with Crippen LogP contribution >= 0.6 is 0 Å². The Kier molecular flexibility index (Phi) is 9.11. The Hall–Kier alpha value is -0.870. The minimum absolute atomic E-state index is 0.129. The molecule has 0 saturated heterocycles. The number of carbonyl (C=O) groups excluding carboxylic acids is 1. The predicted octanol–water partition coefficient (Wildman–Crippen LogP) is 1.07. The van der Waals surface area contributed by atoms with E-state index in [0.29, 0.717) is 32.7 Å². The van der Waals surface area contributed by atoms with Gasteiger partial charge in [-0.1, -0.05) is 6.08 Å². The molecular formula is C11H21NO3. The Morgan fingerprint density at radius 2 is 1.80 bits per heavy atom. The lowest BCUT2D eigenvalue weighted by Gasteiger charge is -2.21. The van der Waals surface area contributed by atoms with Gasteiger partial charge in [-0.15, -0.1) is 6.58 Å². The molecule has 0 aliphatic carbocycles. The van der Waals surface area contributed by atoms with Crippen molar-refractivity contribution in [3.05, 3.63) is 12.7 Å². The molecule has 4 nitrogen and oxygen atoms in total. The van der Waals surface area contributed by atoms with Crippen LogP contribution in [-0.2, 0) is 14.3 Å². The maximum Gasteiger partial charge on any atom is 0.223 e. The highest BCUT2D eigenvalue weighted by Gasteiger charge is 2.11. The molecule has 0 saturated carbocycles. The average Bonchev–Trinajstić information content (AvgIpc) is 2.26. The second-order valence-corrected chi connectivity index (χ2v) is 3.19. The number of methoxy groups -OCH3 is 2. The third-order valence-corrected chi connectivity index (χ3v) is 2.05. The first-order valence-electron chi connectivity index (χ1n) is 5.12. The normalized spacial score (nSPS) is 10.0. The Morgan fingerprint density at radius 1 is 1.27 bits per heavy atom. The highest BCUT2D eigenvalue weighted by Crippen LogP contribution is 1.98. The van der Waals surface area contributed by atoms with Crippen LogP contribution in [0.5, 0.6) is 0 Å². The van der Waals surface area contributed by atoms with Gasteiger partial charge in [-0.2, -0.15) is 0 Å². The number of amides is 1. The van der Waals surface area contributed by atoms with Gasteiger partial charge in [-0.05, 0) is 6.42 Å². The maximum atomic E-state index is 11.7. The van der Waals surface area contributed by atoms with Gasteiger partial charge in [0, 0.05) is 33.7 Å². The van der Waals surface area contributed by atoms with Crippen LogP contribution in [-0.4, -0.2) is 51.3 Å². The Labute approximate surface area is 91.8 Å². The molecule has 0 unspecified atom stereocenters. The summed E-state index contributed by atoms with van der Waals surface area (Å²) in [6, 6.07) is 0. The maximum absolute atomic E-state index is 11.7. The molecule has 4 heteroatoms. The zero-order valence-electron chi connectivity index (χ0n) is 9.70. The van der Waals surface area contributed by atoms with Crippen LogP contribution in [0.25, 0.3) is 0 Å². The summed E-state index contributed by atoms with van der Waals surface area (Å²) < 4.78 is 9.90. The number of carbonyl (C=O) groups is 1. The van der Waals surface area contributed by atoms with Crippen molar-refractivity contribution in [1.82, 2.24) is 4.90 Å². The third kappa shape index (κ3) is 7.11. The average molecular weight is 215 g/mol. The van der Waals surface area contributed by atoms with Gasteiger partial charge in [0.1, 0.15) is 0 Å². The van der Waals surface area contributed by atoms with E-state index in [0.717, 1.165) is 6.42 Å². The zero-order chi connectivity index (χ0) is 11.5. The van der Waals surface area contributed by atoms with E-state index in [2.05, 4.69) is 6.58 Å². The highest BCUT2D eigenvalue weighted by molar-refractivity contribution is 5.76. The topological polar surface area (TPSA) is 38.8 Å². The summed E-state index contributed by atoms with van der Waals surface area (Å²) in [5.41, 5.74) is 0. The van der Waals surface area contributed by atoms with E-state index in [4.69, 9.17) is 9.47 Å². The summed E-state index contributed by atoms with van der Waals surface area (Å²) >= 11 is 0. The molecule has 0 atom stereocenters. The molecule has 0 aromatic heterocycles. The number of allylic oxidation sites excluding steroid dienone is 1. The monoisotopic (exact) mass is 215 g/mol. The number of hydrogen-bond donors (Lipinski definition) is 0. The van der Waals surface area contributed by atoms with Gasteiger partial charge in [-0.3, -0.25) is 4.79 Å². The minimum Gasteiger partial charge on any atom is -0.383 e. The van der Waals surface area contributed by atoms with Crippen molar-refractivity contribution in [3.63, 3.8) is 0 Å². The van der Waals surface area contributed by atoms with Crippen molar-refractivity contribution < 1.29 is 14.3 Å². The number of nitrogens with zero attached hydrogens (tertiary/aromatic N) is 1. The molecule has 0 rings (SSSR count). The van der Waals surface area contributed by atoms with Crippen LogP contribution < -0.4 is 0 Å². The van der Waals surface area contributed by atoms with E-state index >= 15 is 0 Å². The molecule has 0 radical (unpaired) electrons. The summed E-state index contributed by atoms with van der Waals surface area (Å²) in [5, 5.41) is 0. The van der Waals surface area contributed by atoms with Crippen molar-refractivity contribution in [2.24, 2.45) is 0 Å². The van der Waals surface area contributed by atoms with Crippen LogP contribution in [0.3, 0.4) is 0 Å². The van der Waals surface area contributed by atoms with Gasteiger partial charge in [-0.25, -0.2) is 0 Å². The van der Waals surface area contributed by atoms with Gasteiger partial charge in [0.2, 0.25) is 5.91 Å². The van der Waals surface area contributed by atoms with Crippen molar-refractivity contribution in [1.29, 1.82) is 0 Å². The van der Waals surface area contributed by atoms with Gasteiger partial charge in [0.05, 0.1) is 13.2 Å². The first kappa shape index (κ1) is 14.1. The van der Waals surface area contributed by atoms with Crippen LogP contribution in [0.4, 0.5) is 0 Å². The fraction of sp³-hybridized carbons (Fsp3) is 0.727. The standard InChI is InChI=1S/C11H21NO3/c1-4-5-6-11(13)12(7-9-14-2)8-10-15-3/h4H,1,5-10H2,2-3H3. The van der Waals surface area contributed by atoms with E-state index in [1.807, 2.05) is 0 Å². The van der Waals surface area contributed by atoms with Gasteiger partial charge in [0.15, 0.2) is 0 Å². The fourth-order valence-corrected chi connectivity index (χ4v) is 1.15. The molecule has 1 amide bonds. The molecule has 0 bridgehead atoms. The highest BCUT2D eigenvalue weighted by atomic mass is 16.5. The molecule has 0 spiro atoms. The fourth-order valence-electron chi connectivity index (χ4n) is 1.15. The number of hydrogen-bond acceptors (Lipinski definition) is 3. The van der Waals surface area contributed by atoms with E-state index in [1.165, 1.54) is 0 Å². The SMILES string of the molecule is C=CCCC(=O)N(CCOC)CCOC. The third-order valence-electron chi connectivity index (χ3n) is 2.05. The summed E-state index contributed by atoms with van der Waals surface area (Å²) in [7, 11) is 3.26. The van der Waals surface area contributed by atoms with E-state index in [9.17, 15) is 4.79 Å². The predicted molar refractivity (Wildman–Crippen MR) is 59.8 cm³/mol. The Bertz CT molecular complexity index is 175. The van der Waals surface area contributed by atoms with Crippen molar-refractivity contribution >= 4 is 5.91 Å². The lowest BCUT2D eigenvalue weighted by atomic mass is 10.2. The quantitative estimate of drug-likeness (QED) is 0.540. The lowest BCUT2D eigenvalue weighted by Crippen LogP contribution is -2.36. The van der Waals surface area contributed by atoms with Crippen molar-refractivity contribution in [2.75, 3.05) is 40.5 Å². The minimum atomic E-state index is 0.129. The van der Waals surface area contributed by atoms with Crippen molar-refractivity contribution in [3.8, 4) is 0 Å².